The SMILES string of the molecule is C=CC[Si](CC=C)(CCCCC)OCC. The van der Waals surface area contributed by atoms with Crippen molar-refractivity contribution in [3.8, 4) is 0 Å². The van der Waals surface area contributed by atoms with Crippen LogP contribution in [0.4, 0.5) is 0 Å². The van der Waals surface area contributed by atoms with E-state index in [2.05, 4.69) is 27.0 Å². The standard InChI is InChI=1S/C13H26OSi/c1-5-9-10-13-15(11-6-2,12-7-3)14-8-4/h6-7H,2-3,5,8-13H2,1,4H3. The molecule has 0 aromatic heterocycles. The molecule has 0 heterocycles. The van der Waals surface area contributed by atoms with Crippen LogP contribution in [-0.4, -0.2) is 14.9 Å². The molecule has 0 rings (SSSR count). The van der Waals surface area contributed by atoms with Gasteiger partial charge in [-0.15, -0.1) is 13.2 Å². The van der Waals surface area contributed by atoms with Crippen molar-refractivity contribution in [3.05, 3.63) is 25.3 Å². The van der Waals surface area contributed by atoms with E-state index in [1.165, 1.54) is 25.3 Å². The van der Waals surface area contributed by atoms with Gasteiger partial charge >= 0.3 is 0 Å². The second kappa shape index (κ2) is 8.92. The second-order valence-corrected chi connectivity index (χ2v) is 8.03. The van der Waals surface area contributed by atoms with Crippen LogP contribution in [0.5, 0.6) is 0 Å². The average molecular weight is 226 g/mol. The highest BCUT2D eigenvalue weighted by Gasteiger charge is 2.30. The van der Waals surface area contributed by atoms with E-state index in [-0.39, 0.29) is 0 Å². The van der Waals surface area contributed by atoms with Gasteiger partial charge in [-0.3, -0.25) is 0 Å². The van der Waals surface area contributed by atoms with Gasteiger partial charge in [-0.2, -0.15) is 0 Å². The third-order valence-corrected chi connectivity index (χ3v) is 6.95. The zero-order valence-corrected chi connectivity index (χ0v) is 11.4. The summed E-state index contributed by atoms with van der Waals surface area (Å²) >= 11 is 0. The van der Waals surface area contributed by atoms with E-state index in [9.17, 15) is 0 Å². The molecule has 0 aliphatic carbocycles. The normalized spacial score (nSPS) is 11.3. The Hall–Kier alpha value is -0.343. The van der Waals surface area contributed by atoms with Gasteiger partial charge in [0.25, 0.3) is 0 Å². The molecule has 0 spiro atoms. The van der Waals surface area contributed by atoms with Crippen molar-refractivity contribution in [1.82, 2.24) is 0 Å². The van der Waals surface area contributed by atoms with E-state index < -0.39 is 8.32 Å². The summed E-state index contributed by atoms with van der Waals surface area (Å²) in [4.78, 5) is 0. The third-order valence-electron chi connectivity index (χ3n) is 2.72. The maximum Gasteiger partial charge on any atom is 0.200 e. The Morgan fingerprint density at radius 1 is 1.07 bits per heavy atom. The molecule has 0 fully saturated rings. The maximum absolute atomic E-state index is 6.05. The molecular formula is C13H26OSi. The minimum atomic E-state index is -1.57. The summed E-state index contributed by atoms with van der Waals surface area (Å²) in [6, 6.07) is 3.39. The second-order valence-electron chi connectivity index (χ2n) is 4.06. The van der Waals surface area contributed by atoms with Gasteiger partial charge in [0.15, 0.2) is 8.32 Å². The van der Waals surface area contributed by atoms with Crippen molar-refractivity contribution >= 4 is 8.32 Å². The molecule has 0 saturated heterocycles. The summed E-state index contributed by atoms with van der Waals surface area (Å²) in [5.41, 5.74) is 0. The first kappa shape index (κ1) is 14.7. The smallest absolute Gasteiger partial charge is 0.200 e. The molecule has 0 unspecified atom stereocenters. The molecule has 1 nitrogen and oxygen atoms in total. The van der Waals surface area contributed by atoms with Crippen molar-refractivity contribution in [2.24, 2.45) is 0 Å². The summed E-state index contributed by atoms with van der Waals surface area (Å²) in [6.45, 7) is 12.9. The first-order valence-electron chi connectivity index (χ1n) is 6.10. The summed E-state index contributed by atoms with van der Waals surface area (Å²) in [5.74, 6) is 0. The zero-order valence-electron chi connectivity index (χ0n) is 10.4. The molecule has 0 aliphatic rings. The fourth-order valence-corrected chi connectivity index (χ4v) is 5.52. The quantitative estimate of drug-likeness (QED) is 0.302. The lowest BCUT2D eigenvalue weighted by Crippen LogP contribution is -2.37. The predicted octanol–water partition coefficient (Wildman–Crippen LogP) is 4.53. The van der Waals surface area contributed by atoms with Gasteiger partial charge in [0, 0.05) is 6.61 Å². The number of allylic oxidation sites excluding steroid dienone is 2. The van der Waals surface area contributed by atoms with Gasteiger partial charge in [0.05, 0.1) is 0 Å². The van der Waals surface area contributed by atoms with Gasteiger partial charge in [-0.05, 0) is 25.1 Å². The number of rotatable bonds is 10. The van der Waals surface area contributed by atoms with Gasteiger partial charge in [-0.1, -0.05) is 38.3 Å². The Kier molecular flexibility index (Phi) is 8.72. The monoisotopic (exact) mass is 226 g/mol. The van der Waals surface area contributed by atoms with Crippen LogP contribution in [0.15, 0.2) is 25.3 Å². The highest BCUT2D eigenvalue weighted by molar-refractivity contribution is 6.74. The highest BCUT2D eigenvalue weighted by atomic mass is 28.4. The van der Waals surface area contributed by atoms with Gasteiger partial charge in [-0.25, -0.2) is 0 Å². The van der Waals surface area contributed by atoms with Gasteiger partial charge < -0.3 is 4.43 Å². The number of hydrogen-bond donors (Lipinski definition) is 0. The summed E-state index contributed by atoms with van der Waals surface area (Å²) in [5, 5.41) is 0. The third kappa shape index (κ3) is 5.95. The molecule has 0 N–H and O–H groups in total. The lowest BCUT2D eigenvalue weighted by Gasteiger charge is -2.29. The van der Waals surface area contributed by atoms with E-state index in [1.807, 2.05) is 12.2 Å². The van der Waals surface area contributed by atoms with Crippen LogP contribution in [0, 0.1) is 0 Å². The zero-order chi connectivity index (χ0) is 11.6. The molecule has 0 aromatic rings. The minimum Gasteiger partial charge on any atom is -0.416 e. The van der Waals surface area contributed by atoms with Crippen LogP contribution in [0.3, 0.4) is 0 Å². The fraction of sp³-hybridized carbons (Fsp3) is 0.692. The highest BCUT2D eigenvalue weighted by Crippen LogP contribution is 2.26. The van der Waals surface area contributed by atoms with Crippen molar-refractivity contribution in [1.29, 1.82) is 0 Å². The molecule has 0 bridgehead atoms. The summed E-state index contributed by atoms with van der Waals surface area (Å²) < 4.78 is 6.05. The van der Waals surface area contributed by atoms with Crippen LogP contribution < -0.4 is 0 Å². The van der Waals surface area contributed by atoms with Crippen LogP contribution >= 0.6 is 0 Å². The van der Waals surface area contributed by atoms with Crippen LogP contribution in [-0.2, 0) is 4.43 Å². The fourth-order valence-electron chi connectivity index (χ4n) is 2.01. The largest absolute Gasteiger partial charge is 0.416 e. The molecule has 0 aromatic carbocycles. The maximum atomic E-state index is 6.05. The summed E-state index contributed by atoms with van der Waals surface area (Å²) in [6.07, 6.45) is 7.94. The summed E-state index contributed by atoms with van der Waals surface area (Å²) in [7, 11) is -1.57. The van der Waals surface area contributed by atoms with Crippen molar-refractivity contribution < 1.29 is 4.43 Å². The van der Waals surface area contributed by atoms with Crippen molar-refractivity contribution in [3.63, 3.8) is 0 Å². The Bertz CT molecular complexity index is 167. The molecule has 88 valence electrons. The predicted molar refractivity (Wildman–Crippen MR) is 71.7 cm³/mol. The Morgan fingerprint density at radius 3 is 2.07 bits per heavy atom. The number of unbranched alkanes of at least 4 members (excludes halogenated alkanes) is 2. The van der Waals surface area contributed by atoms with Crippen LogP contribution in [0.25, 0.3) is 0 Å². The van der Waals surface area contributed by atoms with E-state index in [0.717, 1.165) is 18.7 Å². The Balaban J connectivity index is 4.30. The topological polar surface area (TPSA) is 9.23 Å². The molecule has 0 atom stereocenters. The molecule has 0 radical (unpaired) electrons. The molecule has 0 amide bonds. The first-order chi connectivity index (χ1) is 7.24. The van der Waals surface area contributed by atoms with Crippen molar-refractivity contribution in [2.45, 2.75) is 51.2 Å². The Morgan fingerprint density at radius 2 is 1.67 bits per heavy atom. The van der Waals surface area contributed by atoms with E-state index in [4.69, 9.17) is 4.43 Å². The molecule has 2 heteroatoms. The van der Waals surface area contributed by atoms with Gasteiger partial charge in [0.1, 0.15) is 0 Å². The van der Waals surface area contributed by atoms with Crippen LogP contribution in [0.1, 0.15) is 33.1 Å². The first-order valence-corrected chi connectivity index (χ1v) is 8.63. The lowest BCUT2D eigenvalue weighted by molar-refractivity contribution is 0.321. The van der Waals surface area contributed by atoms with E-state index in [1.54, 1.807) is 0 Å². The Labute approximate surface area is 96.4 Å². The van der Waals surface area contributed by atoms with E-state index >= 15 is 0 Å². The molecule has 0 aliphatic heterocycles. The minimum absolute atomic E-state index is 0.833. The lowest BCUT2D eigenvalue weighted by atomic mass is 10.3. The average Bonchev–Trinajstić information content (AvgIpc) is 2.19. The molecule has 0 saturated carbocycles. The van der Waals surface area contributed by atoms with Crippen LogP contribution in [0.2, 0.25) is 18.1 Å². The van der Waals surface area contributed by atoms with Gasteiger partial charge in [0.2, 0.25) is 0 Å². The number of hydrogen-bond acceptors (Lipinski definition) is 1. The molecule has 15 heavy (non-hydrogen) atoms. The molecular weight excluding hydrogens is 200 g/mol. The van der Waals surface area contributed by atoms with Crippen molar-refractivity contribution in [2.75, 3.05) is 6.61 Å². The van der Waals surface area contributed by atoms with E-state index in [0.29, 0.717) is 0 Å².